The highest BCUT2D eigenvalue weighted by molar-refractivity contribution is 5.85. The molecule has 2 N–H and O–H groups in total. The fourth-order valence-corrected chi connectivity index (χ4v) is 3.46. The summed E-state index contributed by atoms with van der Waals surface area (Å²) in [4.78, 5) is 11.1. The van der Waals surface area contributed by atoms with Gasteiger partial charge < -0.3 is 15.5 Å². The number of nitrogens with zero attached hydrogens (tertiary/aromatic N) is 3. The van der Waals surface area contributed by atoms with E-state index in [1.54, 1.807) is 0 Å². The Balaban J connectivity index is 0.00000320. The molecule has 0 aliphatic carbocycles. The summed E-state index contributed by atoms with van der Waals surface area (Å²) in [7, 11) is 0. The summed E-state index contributed by atoms with van der Waals surface area (Å²) < 4.78 is 52.5. The van der Waals surface area contributed by atoms with Crippen LogP contribution >= 0.6 is 12.4 Å². The van der Waals surface area contributed by atoms with Crippen molar-refractivity contribution in [2.45, 2.75) is 45.3 Å². The van der Waals surface area contributed by atoms with Crippen LogP contribution in [0.2, 0.25) is 0 Å². The molecule has 1 fully saturated rings. The molecular weight excluding hydrogens is 422 g/mol. The molecule has 30 heavy (non-hydrogen) atoms. The predicted octanol–water partition coefficient (Wildman–Crippen LogP) is 4.94. The first kappa shape index (κ1) is 24.1. The van der Waals surface area contributed by atoms with Gasteiger partial charge in [-0.2, -0.15) is 18.2 Å². The zero-order valence-electron chi connectivity index (χ0n) is 16.9. The largest absolute Gasteiger partial charge is 0.419 e. The number of anilines is 3. The Morgan fingerprint density at radius 1 is 1.17 bits per heavy atom. The highest BCUT2D eigenvalue weighted by Crippen LogP contribution is 2.33. The van der Waals surface area contributed by atoms with Gasteiger partial charge in [0.05, 0.1) is 5.56 Å². The molecule has 1 aromatic carbocycles. The standard InChI is InChI=1S/C20H25F4N5.ClH/c1-3-5-13-11-18(29-9-8-15(12-29)25-4-2)28-19(26-13)27-14-6-7-17(21)16(10-14)20(22,23)24;/h6-7,10-11,15,25H,3-5,8-9,12H2,1-2H3,(H,26,27,28);1H/t15-;/m0./s1. The van der Waals surface area contributed by atoms with Crippen LogP contribution < -0.4 is 15.5 Å². The van der Waals surface area contributed by atoms with Gasteiger partial charge in [-0.3, -0.25) is 0 Å². The van der Waals surface area contributed by atoms with Crippen molar-refractivity contribution in [3.63, 3.8) is 0 Å². The molecule has 1 atom stereocenters. The van der Waals surface area contributed by atoms with Crippen LogP contribution in [0.25, 0.3) is 0 Å². The number of rotatable bonds is 7. The van der Waals surface area contributed by atoms with Crippen molar-refractivity contribution in [3.8, 4) is 0 Å². The molecule has 0 bridgehead atoms. The summed E-state index contributed by atoms with van der Waals surface area (Å²) in [5.41, 5.74) is -0.421. The molecule has 0 amide bonds. The average molecular weight is 448 g/mol. The second kappa shape index (κ2) is 10.3. The SMILES string of the molecule is CCCc1cc(N2CC[C@H](NCC)C2)nc(Nc2ccc(F)c(C(F)(F)F)c2)n1.Cl. The van der Waals surface area contributed by atoms with E-state index in [0.29, 0.717) is 6.04 Å². The number of hydrogen-bond donors (Lipinski definition) is 2. The van der Waals surface area contributed by atoms with Gasteiger partial charge in [-0.25, -0.2) is 9.37 Å². The molecule has 5 nitrogen and oxygen atoms in total. The van der Waals surface area contributed by atoms with Crippen LogP contribution in [0.15, 0.2) is 24.3 Å². The maximum absolute atomic E-state index is 13.5. The minimum absolute atomic E-state index is 0. The third-order valence-corrected chi connectivity index (χ3v) is 4.80. The Morgan fingerprint density at radius 3 is 2.60 bits per heavy atom. The van der Waals surface area contributed by atoms with Crippen LogP contribution in [0.5, 0.6) is 0 Å². The van der Waals surface area contributed by atoms with E-state index < -0.39 is 17.6 Å². The monoisotopic (exact) mass is 447 g/mol. The lowest BCUT2D eigenvalue weighted by atomic mass is 10.2. The molecule has 0 spiro atoms. The number of nitrogens with one attached hydrogen (secondary N) is 2. The van der Waals surface area contributed by atoms with Crippen molar-refractivity contribution in [2.24, 2.45) is 0 Å². The van der Waals surface area contributed by atoms with Crippen LogP contribution in [-0.2, 0) is 12.6 Å². The first-order valence-electron chi connectivity index (χ1n) is 9.80. The predicted molar refractivity (Wildman–Crippen MR) is 112 cm³/mol. The van der Waals surface area contributed by atoms with Crippen molar-refractivity contribution < 1.29 is 17.6 Å². The van der Waals surface area contributed by atoms with Crippen molar-refractivity contribution in [2.75, 3.05) is 29.9 Å². The van der Waals surface area contributed by atoms with Gasteiger partial charge in [0.15, 0.2) is 0 Å². The van der Waals surface area contributed by atoms with Gasteiger partial charge in [0, 0.05) is 36.6 Å². The maximum atomic E-state index is 13.5. The normalized spacial score (nSPS) is 16.5. The summed E-state index contributed by atoms with van der Waals surface area (Å²) in [5.74, 6) is -0.363. The lowest BCUT2D eigenvalue weighted by molar-refractivity contribution is -0.139. The van der Waals surface area contributed by atoms with E-state index in [9.17, 15) is 17.6 Å². The van der Waals surface area contributed by atoms with E-state index in [-0.39, 0.29) is 24.0 Å². The summed E-state index contributed by atoms with van der Waals surface area (Å²) in [6, 6.07) is 5.09. The quantitative estimate of drug-likeness (QED) is 0.589. The highest BCUT2D eigenvalue weighted by atomic mass is 35.5. The Hall–Kier alpha value is -2.13. The summed E-state index contributed by atoms with van der Waals surface area (Å²) in [5, 5.41) is 6.23. The Labute approximate surface area is 179 Å². The number of alkyl halides is 3. The molecule has 1 aliphatic rings. The van der Waals surface area contributed by atoms with Crippen LogP contribution in [0.3, 0.4) is 0 Å². The van der Waals surface area contributed by atoms with Gasteiger partial charge in [0.25, 0.3) is 0 Å². The molecule has 1 aliphatic heterocycles. The van der Waals surface area contributed by atoms with E-state index >= 15 is 0 Å². The van der Waals surface area contributed by atoms with Crippen LogP contribution in [-0.4, -0.2) is 35.6 Å². The van der Waals surface area contributed by atoms with Crippen molar-refractivity contribution in [1.82, 2.24) is 15.3 Å². The van der Waals surface area contributed by atoms with Crippen LogP contribution in [0.4, 0.5) is 35.0 Å². The first-order valence-corrected chi connectivity index (χ1v) is 9.80. The van der Waals surface area contributed by atoms with Gasteiger partial charge >= 0.3 is 6.18 Å². The molecule has 166 valence electrons. The number of aromatic nitrogens is 2. The zero-order chi connectivity index (χ0) is 21.0. The number of aryl methyl sites for hydroxylation is 1. The molecule has 3 rings (SSSR count). The molecule has 1 aromatic heterocycles. The van der Waals surface area contributed by atoms with Crippen molar-refractivity contribution in [3.05, 3.63) is 41.3 Å². The van der Waals surface area contributed by atoms with E-state index in [2.05, 4.69) is 32.4 Å². The number of halogens is 5. The third-order valence-electron chi connectivity index (χ3n) is 4.80. The fourth-order valence-electron chi connectivity index (χ4n) is 3.46. The summed E-state index contributed by atoms with van der Waals surface area (Å²) in [6.07, 6.45) is -2.16. The summed E-state index contributed by atoms with van der Waals surface area (Å²) in [6.45, 7) is 6.63. The lowest BCUT2D eigenvalue weighted by Gasteiger charge is -2.20. The smallest absolute Gasteiger partial charge is 0.355 e. The first-order chi connectivity index (χ1) is 13.8. The van der Waals surface area contributed by atoms with Gasteiger partial charge in [0.2, 0.25) is 5.95 Å². The molecular formula is C20H26ClF4N5. The van der Waals surface area contributed by atoms with Crippen molar-refractivity contribution in [1.29, 1.82) is 0 Å². The average Bonchev–Trinajstić information content (AvgIpc) is 3.12. The van der Waals surface area contributed by atoms with E-state index in [0.717, 1.165) is 62.5 Å². The van der Waals surface area contributed by atoms with E-state index in [4.69, 9.17) is 0 Å². The van der Waals surface area contributed by atoms with Gasteiger partial charge in [-0.1, -0.05) is 20.3 Å². The molecule has 1 saturated heterocycles. The molecule has 0 radical (unpaired) electrons. The third kappa shape index (κ3) is 5.95. The Bertz CT molecular complexity index is 846. The van der Waals surface area contributed by atoms with Crippen molar-refractivity contribution >= 4 is 29.9 Å². The van der Waals surface area contributed by atoms with Gasteiger partial charge in [-0.15, -0.1) is 12.4 Å². The maximum Gasteiger partial charge on any atom is 0.419 e. The van der Waals surface area contributed by atoms with Crippen LogP contribution in [0, 0.1) is 5.82 Å². The second-order valence-electron chi connectivity index (χ2n) is 7.10. The molecule has 0 saturated carbocycles. The Morgan fingerprint density at radius 2 is 1.93 bits per heavy atom. The fraction of sp³-hybridized carbons (Fsp3) is 0.500. The van der Waals surface area contributed by atoms with E-state index in [1.807, 2.05) is 13.0 Å². The summed E-state index contributed by atoms with van der Waals surface area (Å²) >= 11 is 0. The number of hydrogen-bond acceptors (Lipinski definition) is 5. The molecule has 0 unspecified atom stereocenters. The minimum Gasteiger partial charge on any atom is -0.355 e. The second-order valence-corrected chi connectivity index (χ2v) is 7.10. The number of likely N-dealkylation sites (N-methyl/N-ethyl adjacent to an activating group) is 1. The zero-order valence-corrected chi connectivity index (χ0v) is 17.7. The van der Waals surface area contributed by atoms with Gasteiger partial charge in [0.1, 0.15) is 11.6 Å². The minimum atomic E-state index is -4.77. The van der Waals surface area contributed by atoms with Crippen LogP contribution in [0.1, 0.15) is 37.9 Å². The Kier molecular flexibility index (Phi) is 8.25. The lowest BCUT2D eigenvalue weighted by Crippen LogP contribution is -2.32. The molecule has 2 aromatic rings. The van der Waals surface area contributed by atoms with E-state index in [1.165, 1.54) is 6.07 Å². The molecule has 10 heteroatoms. The molecule has 2 heterocycles. The number of benzene rings is 1. The topological polar surface area (TPSA) is 53.1 Å². The van der Waals surface area contributed by atoms with Gasteiger partial charge in [-0.05, 0) is 37.6 Å². The highest BCUT2D eigenvalue weighted by Gasteiger charge is 2.34.